The highest BCUT2D eigenvalue weighted by Crippen LogP contribution is 2.35. The number of rotatable bonds is 3. The number of carbonyl (C=O) groups excluding carboxylic acids is 1. The Morgan fingerprint density at radius 2 is 2.09 bits per heavy atom. The first-order chi connectivity index (χ1) is 10.6. The van der Waals surface area contributed by atoms with E-state index < -0.39 is 0 Å². The Morgan fingerprint density at radius 3 is 2.73 bits per heavy atom. The fraction of sp³-hybridized carbons (Fsp3) is 0.412. The number of benzene rings is 1. The van der Waals surface area contributed by atoms with Gasteiger partial charge in [0.1, 0.15) is 5.76 Å². The van der Waals surface area contributed by atoms with Gasteiger partial charge in [0, 0.05) is 17.1 Å². The number of aryl methyl sites for hydroxylation is 2. The fourth-order valence-electron chi connectivity index (χ4n) is 3.21. The summed E-state index contributed by atoms with van der Waals surface area (Å²) in [7, 11) is 0. The predicted octanol–water partition coefficient (Wildman–Crippen LogP) is 3.85. The molecule has 22 heavy (non-hydrogen) atoms. The molecule has 1 aromatic carbocycles. The van der Waals surface area contributed by atoms with Crippen molar-refractivity contribution in [1.29, 1.82) is 0 Å². The average molecular weight is 319 g/mol. The van der Waals surface area contributed by atoms with Crippen LogP contribution >= 0.6 is 11.6 Å². The zero-order valence-corrected chi connectivity index (χ0v) is 13.6. The number of nitrogens with zero attached hydrogens (tertiary/aromatic N) is 2. The smallest absolute Gasteiger partial charge is 0.227 e. The SMILES string of the molecule is Cc1noc(C)c1[C@@H]1CCCN1C(=O)Cc1ccc(Cl)cc1. The summed E-state index contributed by atoms with van der Waals surface area (Å²) in [6, 6.07) is 7.54. The largest absolute Gasteiger partial charge is 0.361 e. The van der Waals surface area contributed by atoms with Gasteiger partial charge in [-0.05, 0) is 44.4 Å². The van der Waals surface area contributed by atoms with Crippen molar-refractivity contribution >= 4 is 17.5 Å². The maximum Gasteiger partial charge on any atom is 0.227 e. The van der Waals surface area contributed by atoms with Crippen LogP contribution < -0.4 is 0 Å². The van der Waals surface area contributed by atoms with Crippen molar-refractivity contribution in [3.05, 3.63) is 51.9 Å². The summed E-state index contributed by atoms with van der Waals surface area (Å²) >= 11 is 5.89. The number of likely N-dealkylation sites (tertiary alicyclic amines) is 1. The van der Waals surface area contributed by atoms with Gasteiger partial charge in [0.25, 0.3) is 0 Å². The van der Waals surface area contributed by atoms with Crippen LogP contribution in [-0.2, 0) is 11.2 Å². The number of carbonyl (C=O) groups is 1. The number of aromatic nitrogens is 1. The van der Waals surface area contributed by atoms with Gasteiger partial charge < -0.3 is 9.42 Å². The van der Waals surface area contributed by atoms with E-state index in [1.54, 1.807) is 0 Å². The minimum Gasteiger partial charge on any atom is -0.361 e. The molecule has 0 unspecified atom stereocenters. The molecule has 1 fully saturated rings. The van der Waals surface area contributed by atoms with Crippen LogP contribution in [0.3, 0.4) is 0 Å². The maximum atomic E-state index is 12.7. The molecule has 4 nitrogen and oxygen atoms in total. The standard InChI is InChI=1S/C17H19ClN2O2/c1-11-17(12(2)22-19-11)15-4-3-9-20(15)16(21)10-13-5-7-14(18)8-6-13/h5-8,15H,3-4,9-10H2,1-2H3/t15-/m0/s1. The number of hydrogen-bond acceptors (Lipinski definition) is 3. The highest BCUT2D eigenvalue weighted by atomic mass is 35.5. The van der Waals surface area contributed by atoms with Gasteiger partial charge in [-0.3, -0.25) is 4.79 Å². The van der Waals surface area contributed by atoms with Crippen molar-refractivity contribution in [3.63, 3.8) is 0 Å². The lowest BCUT2D eigenvalue weighted by atomic mass is 10.0. The topological polar surface area (TPSA) is 46.3 Å². The quantitative estimate of drug-likeness (QED) is 0.863. The minimum atomic E-state index is 0.0889. The molecular weight excluding hydrogens is 300 g/mol. The molecule has 3 rings (SSSR count). The Labute approximate surface area is 135 Å². The molecule has 2 heterocycles. The predicted molar refractivity (Wildman–Crippen MR) is 84.8 cm³/mol. The van der Waals surface area contributed by atoms with E-state index in [2.05, 4.69) is 5.16 Å². The van der Waals surface area contributed by atoms with Gasteiger partial charge in [0.2, 0.25) is 5.91 Å². The van der Waals surface area contributed by atoms with E-state index in [1.807, 2.05) is 43.0 Å². The summed E-state index contributed by atoms with van der Waals surface area (Å²) in [5, 5.41) is 4.71. The van der Waals surface area contributed by atoms with Gasteiger partial charge in [-0.1, -0.05) is 28.9 Å². The number of halogens is 1. The van der Waals surface area contributed by atoms with Crippen LogP contribution in [-0.4, -0.2) is 22.5 Å². The first-order valence-electron chi connectivity index (χ1n) is 7.53. The highest BCUT2D eigenvalue weighted by molar-refractivity contribution is 6.30. The van der Waals surface area contributed by atoms with Gasteiger partial charge in [-0.25, -0.2) is 0 Å². The Balaban J connectivity index is 1.78. The first-order valence-corrected chi connectivity index (χ1v) is 7.90. The second-order valence-corrected chi connectivity index (χ2v) is 6.22. The lowest BCUT2D eigenvalue weighted by Crippen LogP contribution is -2.32. The number of hydrogen-bond donors (Lipinski definition) is 0. The maximum absolute atomic E-state index is 12.7. The molecule has 0 saturated carbocycles. The summed E-state index contributed by atoms with van der Waals surface area (Å²) in [6.07, 6.45) is 2.38. The minimum absolute atomic E-state index is 0.0889. The molecule has 1 aliphatic rings. The Kier molecular flexibility index (Phi) is 4.21. The van der Waals surface area contributed by atoms with Crippen LogP contribution in [0.4, 0.5) is 0 Å². The molecule has 1 saturated heterocycles. The van der Waals surface area contributed by atoms with Crippen molar-refractivity contribution in [3.8, 4) is 0 Å². The van der Waals surface area contributed by atoms with Crippen molar-refractivity contribution in [2.75, 3.05) is 6.54 Å². The fourth-order valence-corrected chi connectivity index (χ4v) is 3.34. The van der Waals surface area contributed by atoms with Crippen molar-refractivity contribution < 1.29 is 9.32 Å². The van der Waals surface area contributed by atoms with E-state index in [1.165, 1.54) is 0 Å². The second-order valence-electron chi connectivity index (χ2n) is 5.79. The third-order valence-corrected chi connectivity index (χ3v) is 4.52. The lowest BCUT2D eigenvalue weighted by molar-refractivity contribution is -0.131. The zero-order chi connectivity index (χ0) is 15.7. The Morgan fingerprint density at radius 1 is 1.36 bits per heavy atom. The lowest BCUT2D eigenvalue weighted by Gasteiger charge is -2.25. The van der Waals surface area contributed by atoms with E-state index >= 15 is 0 Å². The monoisotopic (exact) mass is 318 g/mol. The molecule has 1 aliphatic heterocycles. The third kappa shape index (κ3) is 2.88. The van der Waals surface area contributed by atoms with Crippen LogP contribution in [0.1, 0.15) is 41.5 Å². The second kappa shape index (κ2) is 6.13. The van der Waals surface area contributed by atoms with Gasteiger partial charge in [0.15, 0.2) is 0 Å². The molecule has 0 spiro atoms. The Bertz CT molecular complexity index is 659. The highest BCUT2D eigenvalue weighted by Gasteiger charge is 2.33. The molecule has 116 valence electrons. The molecule has 1 atom stereocenters. The average Bonchev–Trinajstić information content (AvgIpc) is 3.08. The molecule has 5 heteroatoms. The van der Waals surface area contributed by atoms with E-state index in [0.29, 0.717) is 11.4 Å². The van der Waals surface area contributed by atoms with Crippen LogP contribution in [0.15, 0.2) is 28.8 Å². The summed E-state index contributed by atoms with van der Waals surface area (Å²) < 4.78 is 5.26. The van der Waals surface area contributed by atoms with Gasteiger partial charge in [-0.2, -0.15) is 0 Å². The zero-order valence-electron chi connectivity index (χ0n) is 12.8. The van der Waals surface area contributed by atoms with Crippen LogP contribution in [0.5, 0.6) is 0 Å². The van der Waals surface area contributed by atoms with Gasteiger partial charge in [0.05, 0.1) is 18.2 Å². The van der Waals surface area contributed by atoms with Gasteiger partial charge >= 0.3 is 0 Å². The van der Waals surface area contributed by atoms with Crippen molar-refractivity contribution in [2.45, 2.75) is 39.2 Å². The molecular formula is C17H19ClN2O2. The molecule has 0 aliphatic carbocycles. The van der Waals surface area contributed by atoms with Crippen LogP contribution in [0.25, 0.3) is 0 Å². The third-order valence-electron chi connectivity index (χ3n) is 4.26. The molecule has 0 N–H and O–H groups in total. The van der Waals surface area contributed by atoms with Crippen molar-refractivity contribution in [2.24, 2.45) is 0 Å². The van der Waals surface area contributed by atoms with Crippen LogP contribution in [0.2, 0.25) is 5.02 Å². The molecule has 0 bridgehead atoms. The van der Waals surface area contributed by atoms with E-state index in [9.17, 15) is 4.79 Å². The number of amides is 1. The molecule has 1 amide bonds. The van der Waals surface area contributed by atoms with Crippen molar-refractivity contribution in [1.82, 2.24) is 10.1 Å². The van der Waals surface area contributed by atoms with E-state index in [-0.39, 0.29) is 11.9 Å². The normalized spacial score (nSPS) is 18.0. The molecule has 0 radical (unpaired) electrons. The Hall–Kier alpha value is -1.81. The molecule has 1 aromatic heterocycles. The summed E-state index contributed by atoms with van der Waals surface area (Å²) in [5.41, 5.74) is 2.94. The molecule has 2 aromatic rings. The first kappa shape index (κ1) is 15.1. The van der Waals surface area contributed by atoms with Gasteiger partial charge in [-0.15, -0.1) is 0 Å². The summed E-state index contributed by atoms with van der Waals surface area (Å²) in [6.45, 7) is 4.64. The van der Waals surface area contributed by atoms with E-state index in [4.69, 9.17) is 16.1 Å². The summed E-state index contributed by atoms with van der Waals surface area (Å²) in [5.74, 6) is 0.957. The van der Waals surface area contributed by atoms with E-state index in [0.717, 1.165) is 42.0 Å². The van der Waals surface area contributed by atoms with Crippen LogP contribution in [0, 0.1) is 13.8 Å². The summed E-state index contributed by atoms with van der Waals surface area (Å²) in [4.78, 5) is 14.6.